The maximum atomic E-state index is 12.1. The molecule has 0 atom stereocenters. The number of benzene rings is 1. The van der Waals surface area contributed by atoms with Gasteiger partial charge in [-0.25, -0.2) is 0 Å². The Labute approximate surface area is 154 Å². The molecule has 6 nitrogen and oxygen atoms in total. The molecule has 0 N–H and O–H groups in total. The maximum absolute atomic E-state index is 12.1. The highest BCUT2D eigenvalue weighted by Crippen LogP contribution is 2.35. The average molecular weight is 354 g/mol. The smallest absolute Gasteiger partial charge is 0.219 e. The van der Waals surface area contributed by atoms with Gasteiger partial charge in [-0.2, -0.15) is 5.10 Å². The van der Waals surface area contributed by atoms with Crippen molar-refractivity contribution in [1.29, 1.82) is 0 Å². The van der Waals surface area contributed by atoms with Gasteiger partial charge in [0, 0.05) is 70.3 Å². The summed E-state index contributed by atoms with van der Waals surface area (Å²) in [7, 11) is 1.95. The topological polar surface area (TPSA) is 50.6 Å². The highest BCUT2D eigenvalue weighted by Gasteiger charge is 2.41. The van der Waals surface area contributed by atoms with Crippen molar-refractivity contribution < 1.29 is 9.53 Å². The number of rotatable bonds is 2. The van der Waals surface area contributed by atoms with E-state index < -0.39 is 0 Å². The molecular weight excluding hydrogens is 328 g/mol. The zero-order valence-electron chi connectivity index (χ0n) is 15.5. The van der Waals surface area contributed by atoms with E-state index in [9.17, 15) is 4.79 Å². The lowest BCUT2D eigenvalue weighted by Crippen LogP contribution is -2.53. The lowest BCUT2D eigenvalue weighted by atomic mass is 9.90. The normalized spacial score (nSPS) is 19.7. The van der Waals surface area contributed by atoms with Crippen LogP contribution in [0.3, 0.4) is 0 Å². The number of ether oxygens (including phenoxy) is 1. The molecule has 138 valence electrons. The molecule has 0 radical (unpaired) electrons. The van der Waals surface area contributed by atoms with Gasteiger partial charge < -0.3 is 9.64 Å². The number of amides is 1. The summed E-state index contributed by atoms with van der Waals surface area (Å²) in [6.45, 7) is 5.78. The van der Waals surface area contributed by atoms with Crippen molar-refractivity contribution in [3.8, 4) is 5.75 Å². The molecular formula is C20H26N4O2. The van der Waals surface area contributed by atoms with Crippen LogP contribution in [0.5, 0.6) is 5.75 Å². The maximum Gasteiger partial charge on any atom is 0.219 e. The Kier molecular flexibility index (Phi) is 4.44. The van der Waals surface area contributed by atoms with Gasteiger partial charge in [0.2, 0.25) is 5.91 Å². The number of likely N-dealkylation sites (tertiary alicyclic amines) is 1. The van der Waals surface area contributed by atoms with Crippen LogP contribution in [0.4, 0.5) is 0 Å². The van der Waals surface area contributed by atoms with Gasteiger partial charge in [0.05, 0.1) is 12.7 Å². The highest BCUT2D eigenvalue weighted by molar-refractivity contribution is 5.73. The second kappa shape index (κ2) is 6.76. The van der Waals surface area contributed by atoms with Gasteiger partial charge in [0.1, 0.15) is 11.4 Å². The van der Waals surface area contributed by atoms with E-state index >= 15 is 0 Å². The lowest BCUT2D eigenvalue weighted by Gasteiger charge is -2.42. The van der Waals surface area contributed by atoms with Crippen molar-refractivity contribution >= 4 is 5.91 Å². The van der Waals surface area contributed by atoms with Crippen molar-refractivity contribution in [2.45, 2.75) is 38.5 Å². The van der Waals surface area contributed by atoms with E-state index in [-0.39, 0.29) is 11.5 Å². The minimum absolute atomic E-state index is 0.113. The van der Waals surface area contributed by atoms with E-state index in [4.69, 9.17) is 4.74 Å². The van der Waals surface area contributed by atoms with Crippen LogP contribution in [0.25, 0.3) is 0 Å². The zero-order chi connectivity index (χ0) is 18.1. The fraction of sp³-hybridized carbons (Fsp3) is 0.500. The first-order valence-electron chi connectivity index (χ1n) is 9.25. The molecule has 0 bridgehead atoms. The fourth-order valence-electron chi connectivity index (χ4n) is 4.02. The Morgan fingerprint density at radius 2 is 2.04 bits per heavy atom. The highest BCUT2D eigenvalue weighted by atomic mass is 16.5. The first kappa shape index (κ1) is 17.1. The number of hydrogen-bond donors (Lipinski definition) is 0. The molecule has 26 heavy (non-hydrogen) atoms. The summed E-state index contributed by atoms with van der Waals surface area (Å²) in [6.07, 6.45) is 5.84. The third kappa shape index (κ3) is 3.46. The first-order chi connectivity index (χ1) is 12.5. The molecule has 4 rings (SSSR count). The molecule has 1 aromatic carbocycles. The van der Waals surface area contributed by atoms with Crippen LogP contribution in [-0.2, 0) is 24.9 Å². The molecule has 3 heterocycles. The van der Waals surface area contributed by atoms with Crippen LogP contribution < -0.4 is 4.74 Å². The van der Waals surface area contributed by atoms with Gasteiger partial charge in [0.25, 0.3) is 0 Å². The molecule has 1 saturated heterocycles. The number of hydrogen-bond acceptors (Lipinski definition) is 4. The Bertz CT molecular complexity index is 793. The molecule has 0 unspecified atom stereocenters. The number of aryl methyl sites for hydroxylation is 1. The number of aromatic nitrogens is 2. The molecule has 2 aliphatic heterocycles. The summed E-state index contributed by atoms with van der Waals surface area (Å²) in [4.78, 5) is 16.5. The molecule has 2 aromatic rings. The minimum Gasteiger partial charge on any atom is -0.485 e. The van der Waals surface area contributed by atoms with Crippen LogP contribution in [-0.4, -0.2) is 50.7 Å². The first-order valence-corrected chi connectivity index (χ1v) is 9.25. The summed E-state index contributed by atoms with van der Waals surface area (Å²) in [6, 6.07) is 8.10. The minimum atomic E-state index is -0.288. The van der Waals surface area contributed by atoms with Gasteiger partial charge in [-0.05, 0) is 6.07 Å². The Hall–Kier alpha value is -2.34. The van der Waals surface area contributed by atoms with Crippen molar-refractivity contribution in [3.05, 3.63) is 47.8 Å². The summed E-state index contributed by atoms with van der Waals surface area (Å²) >= 11 is 0. The van der Waals surface area contributed by atoms with Gasteiger partial charge in [-0.15, -0.1) is 0 Å². The molecule has 6 heteroatoms. The van der Waals surface area contributed by atoms with Crippen LogP contribution in [0.2, 0.25) is 0 Å². The van der Waals surface area contributed by atoms with Crippen molar-refractivity contribution in [1.82, 2.24) is 19.6 Å². The molecule has 0 saturated carbocycles. The second-order valence-corrected chi connectivity index (χ2v) is 7.57. The SMILES string of the molecule is CC(=O)N1Cc2ccccc2OC2(CCN(Cc3cnn(C)c3)CC2)C1. The van der Waals surface area contributed by atoms with E-state index in [1.54, 1.807) is 6.92 Å². The molecule has 1 amide bonds. The monoisotopic (exact) mass is 354 g/mol. The number of piperidine rings is 1. The summed E-state index contributed by atoms with van der Waals surface area (Å²) in [5.41, 5.74) is 2.04. The molecule has 1 fully saturated rings. The van der Waals surface area contributed by atoms with E-state index in [2.05, 4.69) is 22.3 Å². The van der Waals surface area contributed by atoms with Crippen molar-refractivity contribution in [3.63, 3.8) is 0 Å². The number of nitrogens with zero attached hydrogens (tertiary/aromatic N) is 4. The molecule has 1 aromatic heterocycles. The number of fused-ring (bicyclic) bond motifs is 1. The summed E-state index contributed by atoms with van der Waals surface area (Å²) in [5, 5.41) is 4.25. The van der Waals surface area contributed by atoms with Crippen LogP contribution in [0.15, 0.2) is 36.7 Å². The Morgan fingerprint density at radius 3 is 2.73 bits per heavy atom. The number of para-hydroxylation sites is 1. The average Bonchev–Trinajstić information content (AvgIpc) is 2.95. The van der Waals surface area contributed by atoms with E-state index in [1.165, 1.54) is 5.56 Å². The molecule has 0 aliphatic carbocycles. The zero-order valence-corrected chi connectivity index (χ0v) is 15.5. The van der Waals surface area contributed by atoms with Crippen LogP contribution >= 0.6 is 0 Å². The van der Waals surface area contributed by atoms with E-state index in [0.717, 1.165) is 43.8 Å². The van der Waals surface area contributed by atoms with Crippen molar-refractivity contribution in [2.24, 2.45) is 7.05 Å². The van der Waals surface area contributed by atoms with Gasteiger partial charge in [-0.1, -0.05) is 18.2 Å². The number of carbonyl (C=O) groups excluding carboxylic acids is 1. The van der Waals surface area contributed by atoms with Crippen LogP contribution in [0.1, 0.15) is 30.9 Å². The largest absolute Gasteiger partial charge is 0.485 e. The Morgan fingerprint density at radius 1 is 1.27 bits per heavy atom. The standard InChI is InChI=1S/C20H26N4O2/c1-16(25)24-14-18-5-3-4-6-19(18)26-20(15-24)7-9-23(10-8-20)13-17-11-21-22(2)12-17/h3-6,11-12H,7-10,13-15H2,1-2H3. The predicted octanol–water partition coefficient (Wildman–Crippen LogP) is 2.20. The predicted molar refractivity (Wildman–Crippen MR) is 98.6 cm³/mol. The van der Waals surface area contributed by atoms with Crippen molar-refractivity contribution in [2.75, 3.05) is 19.6 Å². The van der Waals surface area contributed by atoms with Gasteiger partial charge >= 0.3 is 0 Å². The fourth-order valence-corrected chi connectivity index (χ4v) is 4.02. The van der Waals surface area contributed by atoms with Gasteiger partial charge in [-0.3, -0.25) is 14.4 Å². The van der Waals surface area contributed by atoms with Crippen LogP contribution in [0, 0.1) is 0 Å². The third-order valence-electron chi connectivity index (χ3n) is 5.52. The molecule has 1 spiro atoms. The quantitative estimate of drug-likeness (QED) is 0.830. The van der Waals surface area contributed by atoms with E-state index in [1.807, 2.05) is 41.0 Å². The number of carbonyl (C=O) groups is 1. The second-order valence-electron chi connectivity index (χ2n) is 7.57. The Balaban J connectivity index is 1.50. The van der Waals surface area contributed by atoms with E-state index in [0.29, 0.717) is 13.1 Å². The summed E-state index contributed by atoms with van der Waals surface area (Å²) in [5.74, 6) is 1.04. The third-order valence-corrected chi connectivity index (χ3v) is 5.52. The summed E-state index contributed by atoms with van der Waals surface area (Å²) < 4.78 is 8.38. The van der Waals surface area contributed by atoms with Gasteiger partial charge in [0.15, 0.2) is 0 Å². The lowest BCUT2D eigenvalue weighted by molar-refractivity contribution is -0.132. The molecule has 2 aliphatic rings.